The molecule has 0 atom stereocenters. The van der Waals surface area contributed by atoms with Crippen LogP contribution >= 0.6 is 31.9 Å². The van der Waals surface area contributed by atoms with E-state index >= 15 is 0 Å². The fourth-order valence-electron chi connectivity index (χ4n) is 1.36. The van der Waals surface area contributed by atoms with Crippen molar-refractivity contribution in [1.82, 2.24) is 9.78 Å². The van der Waals surface area contributed by atoms with Crippen LogP contribution in [0.25, 0.3) is 0 Å². The molecule has 1 aliphatic rings. The smallest absolute Gasteiger partial charge is 0.108 e. The van der Waals surface area contributed by atoms with E-state index in [1.54, 1.807) is 0 Å². The van der Waals surface area contributed by atoms with Gasteiger partial charge in [-0.15, -0.1) is 0 Å². The average Bonchev–Trinajstić information content (AvgIpc) is 2.30. The summed E-state index contributed by atoms with van der Waals surface area (Å²) in [6, 6.07) is 0.646. The number of aromatic nitrogens is 2. The van der Waals surface area contributed by atoms with E-state index in [1.807, 2.05) is 6.20 Å². The molecule has 0 aliphatic heterocycles. The highest BCUT2D eigenvalue weighted by atomic mass is 79.9. The van der Waals surface area contributed by atoms with E-state index in [1.165, 1.54) is 24.8 Å². The molecule has 1 saturated carbocycles. The lowest BCUT2D eigenvalue weighted by molar-refractivity contribution is 0.285. The molecule has 1 aliphatic carbocycles. The van der Waals surface area contributed by atoms with Crippen LogP contribution in [0.3, 0.4) is 0 Å². The van der Waals surface area contributed by atoms with Gasteiger partial charge in [-0.3, -0.25) is 4.68 Å². The van der Waals surface area contributed by atoms with E-state index in [0.717, 1.165) is 9.93 Å². The van der Waals surface area contributed by atoms with Crippen LogP contribution in [0.4, 0.5) is 0 Å². The zero-order valence-electron chi connectivity index (χ0n) is 6.63. The van der Waals surface area contributed by atoms with Gasteiger partial charge in [0.1, 0.15) is 4.60 Å². The first-order valence-electron chi connectivity index (χ1n) is 4.10. The van der Waals surface area contributed by atoms with Crippen LogP contribution in [0.5, 0.6) is 0 Å². The molecule has 66 valence electrons. The zero-order chi connectivity index (χ0) is 8.55. The fraction of sp³-hybridized carbons (Fsp3) is 0.625. The molecule has 2 nitrogen and oxygen atoms in total. The van der Waals surface area contributed by atoms with Crippen molar-refractivity contribution in [3.8, 4) is 0 Å². The van der Waals surface area contributed by atoms with Crippen LogP contribution in [0, 0.1) is 0 Å². The Labute approximate surface area is 88.6 Å². The quantitative estimate of drug-likeness (QED) is 0.765. The Morgan fingerprint density at radius 2 is 2.33 bits per heavy atom. The Hall–Kier alpha value is 0.170. The van der Waals surface area contributed by atoms with Crippen LogP contribution in [0.2, 0.25) is 0 Å². The molecule has 1 aromatic heterocycles. The van der Waals surface area contributed by atoms with Crippen molar-refractivity contribution in [3.05, 3.63) is 16.4 Å². The third kappa shape index (κ3) is 1.35. The Morgan fingerprint density at radius 1 is 1.58 bits per heavy atom. The van der Waals surface area contributed by atoms with Gasteiger partial charge in [0.05, 0.1) is 12.2 Å². The zero-order valence-corrected chi connectivity index (χ0v) is 9.81. The SMILES string of the molecule is BrCc1cnn(C2CCC2)c1Br. The van der Waals surface area contributed by atoms with E-state index in [-0.39, 0.29) is 0 Å². The van der Waals surface area contributed by atoms with Crippen LogP contribution in [-0.2, 0) is 5.33 Å². The molecule has 1 aromatic rings. The summed E-state index contributed by atoms with van der Waals surface area (Å²) in [4.78, 5) is 0. The summed E-state index contributed by atoms with van der Waals surface area (Å²) < 4.78 is 3.24. The standard InChI is InChI=1S/C8H10Br2N2/c9-4-6-5-11-12(8(6)10)7-2-1-3-7/h5,7H,1-4H2. The van der Waals surface area contributed by atoms with Crippen molar-refractivity contribution < 1.29 is 0 Å². The molecule has 0 spiro atoms. The second-order valence-electron chi connectivity index (χ2n) is 3.12. The van der Waals surface area contributed by atoms with Crippen molar-refractivity contribution in [2.24, 2.45) is 0 Å². The third-order valence-corrected chi connectivity index (χ3v) is 3.85. The number of halogens is 2. The highest BCUT2D eigenvalue weighted by Crippen LogP contribution is 2.34. The number of nitrogens with zero attached hydrogens (tertiary/aromatic N) is 2. The van der Waals surface area contributed by atoms with E-state index < -0.39 is 0 Å². The molecule has 1 heterocycles. The van der Waals surface area contributed by atoms with E-state index in [4.69, 9.17) is 0 Å². The summed E-state index contributed by atoms with van der Waals surface area (Å²) in [5, 5.41) is 5.22. The van der Waals surface area contributed by atoms with Gasteiger partial charge < -0.3 is 0 Å². The summed E-state index contributed by atoms with van der Waals surface area (Å²) in [5.41, 5.74) is 1.24. The largest absolute Gasteiger partial charge is 0.255 e. The molecule has 0 N–H and O–H groups in total. The molecule has 12 heavy (non-hydrogen) atoms. The van der Waals surface area contributed by atoms with Crippen molar-refractivity contribution in [2.45, 2.75) is 30.6 Å². The summed E-state index contributed by atoms with van der Waals surface area (Å²) in [5.74, 6) is 0. The highest BCUT2D eigenvalue weighted by molar-refractivity contribution is 9.10. The number of rotatable bonds is 2. The van der Waals surface area contributed by atoms with Gasteiger partial charge in [0.2, 0.25) is 0 Å². The van der Waals surface area contributed by atoms with Gasteiger partial charge >= 0.3 is 0 Å². The lowest BCUT2D eigenvalue weighted by Gasteiger charge is -2.26. The van der Waals surface area contributed by atoms with Crippen LogP contribution < -0.4 is 0 Å². The van der Waals surface area contributed by atoms with Crippen molar-refractivity contribution >= 4 is 31.9 Å². The molecule has 1 fully saturated rings. The maximum Gasteiger partial charge on any atom is 0.108 e. The molecule has 0 radical (unpaired) electrons. The van der Waals surface area contributed by atoms with Gasteiger partial charge in [-0.1, -0.05) is 15.9 Å². The highest BCUT2D eigenvalue weighted by Gasteiger charge is 2.22. The molecule has 0 unspecified atom stereocenters. The second-order valence-corrected chi connectivity index (χ2v) is 4.44. The first-order valence-corrected chi connectivity index (χ1v) is 6.02. The normalized spacial score (nSPS) is 17.8. The molecule has 0 bridgehead atoms. The van der Waals surface area contributed by atoms with Crippen LogP contribution in [0.1, 0.15) is 30.9 Å². The van der Waals surface area contributed by atoms with Gasteiger partial charge in [0.25, 0.3) is 0 Å². The second kappa shape index (κ2) is 3.50. The Kier molecular flexibility index (Phi) is 2.55. The Balaban J connectivity index is 2.25. The van der Waals surface area contributed by atoms with E-state index in [2.05, 4.69) is 41.6 Å². The van der Waals surface area contributed by atoms with Crippen molar-refractivity contribution in [2.75, 3.05) is 0 Å². The maximum atomic E-state index is 4.35. The van der Waals surface area contributed by atoms with Crippen LogP contribution in [-0.4, -0.2) is 9.78 Å². The Bertz CT molecular complexity index is 279. The van der Waals surface area contributed by atoms with Crippen molar-refractivity contribution in [3.63, 3.8) is 0 Å². The van der Waals surface area contributed by atoms with Gasteiger partial charge in [-0.2, -0.15) is 5.10 Å². The van der Waals surface area contributed by atoms with Crippen molar-refractivity contribution in [1.29, 1.82) is 0 Å². The summed E-state index contributed by atoms with van der Waals surface area (Å²) >= 11 is 6.98. The molecule has 0 aromatic carbocycles. The maximum absolute atomic E-state index is 4.35. The topological polar surface area (TPSA) is 17.8 Å². The lowest BCUT2D eigenvalue weighted by atomic mass is 9.93. The summed E-state index contributed by atoms with van der Waals surface area (Å²) in [6.45, 7) is 0. The minimum Gasteiger partial charge on any atom is -0.255 e. The third-order valence-electron chi connectivity index (χ3n) is 2.37. The molecular weight excluding hydrogens is 284 g/mol. The lowest BCUT2D eigenvalue weighted by Crippen LogP contribution is -2.18. The average molecular weight is 294 g/mol. The van der Waals surface area contributed by atoms with Gasteiger partial charge in [0.15, 0.2) is 0 Å². The number of hydrogen-bond donors (Lipinski definition) is 0. The van der Waals surface area contributed by atoms with Crippen LogP contribution in [0.15, 0.2) is 10.8 Å². The van der Waals surface area contributed by atoms with E-state index in [9.17, 15) is 0 Å². The number of alkyl halides is 1. The molecular formula is C8H10Br2N2. The minimum absolute atomic E-state index is 0.646. The first kappa shape index (κ1) is 8.75. The molecule has 0 saturated heterocycles. The van der Waals surface area contributed by atoms with Gasteiger partial charge in [0, 0.05) is 10.9 Å². The molecule has 2 rings (SSSR count). The molecule has 4 heteroatoms. The monoisotopic (exact) mass is 292 g/mol. The number of hydrogen-bond acceptors (Lipinski definition) is 1. The molecule has 0 amide bonds. The first-order chi connectivity index (χ1) is 5.83. The predicted molar refractivity (Wildman–Crippen MR) is 55.4 cm³/mol. The fourth-order valence-corrected chi connectivity index (χ4v) is 2.77. The van der Waals surface area contributed by atoms with Gasteiger partial charge in [-0.05, 0) is 35.2 Å². The van der Waals surface area contributed by atoms with E-state index in [0.29, 0.717) is 6.04 Å². The predicted octanol–water partition coefficient (Wildman–Crippen LogP) is 3.27. The summed E-state index contributed by atoms with van der Waals surface area (Å²) in [7, 11) is 0. The Morgan fingerprint density at radius 3 is 2.75 bits per heavy atom. The summed E-state index contributed by atoms with van der Waals surface area (Å²) in [6.07, 6.45) is 5.84. The minimum atomic E-state index is 0.646. The van der Waals surface area contributed by atoms with Gasteiger partial charge in [-0.25, -0.2) is 0 Å².